The van der Waals surface area contributed by atoms with E-state index in [2.05, 4.69) is 10.3 Å². The van der Waals surface area contributed by atoms with Crippen molar-refractivity contribution in [2.75, 3.05) is 5.73 Å². The van der Waals surface area contributed by atoms with E-state index in [-0.39, 0.29) is 17.7 Å². The molecule has 3 rings (SSSR count). The van der Waals surface area contributed by atoms with Gasteiger partial charge in [-0.15, -0.1) is 0 Å². The van der Waals surface area contributed by atoms with Crippen molar-refractivity contribution in [2.24, 2.45) is 0 Å². The molecule has 18 heavy (non-hydrogen) atoms. The molecule has 1 aliphatic rings. The van der Waals surface area contributed by atoms with E-state index in [1.165, 1.54) is 0 Å². The van der Waals surface area contributed by atoms with Crippen LogP contribution in [0.5, 0.6) is 0 Å². The first-order chi connectivity index (χ1) is 8.66. The monoisotopic (exact) mass is 244 g/mol. The van der Waals surface area contributed by atoms with E-state index in [9.17, 15) is 9.59 Å². The normalized spacial score (nSPS) is 20.1. The first kappa shape index (κ1) is 10.8. The highest BCUT2D eigenvalue weighted by Gasteiger charge is 2.29. The summed E-state index contributed by atoms with van der Waals surface area (Å²) >= 11 is 0. The molecule has 1 saturated heterocycles. The van der Waals surface area contributed by atoms with Crippen molar-refractivity contribution >= 4 is 23.3 Å². The fourth-order valence-corrected chi connectivity index (χ4v) is 2.32. The van der Waals surface area contributed by atoms with Crippen LogP contribution in [0.4, 0.5) is 5.82 Å². The molecule has 0 spiro atoms. The number of amides is 2. The van der Waals surface area contributed by atoms with Crippen molar-refractivity contribution in [1.82, 2.24) is 14.7 Å². The lowest BCUT2D eigenvalue weighted by Gasteiger charge is -2.21. The molecule has 0 saturated carbocycles. The van der Waals surface area contributed by atoms with Crippen molar-refractivity contribution in [3.05, 3.63) is 30.1 Å². The number of nitrogens with one attached hydrogen (secondary N) is 1. The number of imide groups is 1. The Kier molecular flexibility index (Phi) is 2.29. The number of hydrogen-bond acceptors (Lipinski definition) is 4. The van der Waals surface area contributed by atoms with Crippen LogP contribution in [0.3, 0.4) is 0 Å². The minimum absolute atomic E-state index is 0.217. The first-order valence-corrected chi connectivity index (χ1v) is 5.72. The number of hydrogen-bond donors (Lipinski definition) is 2. The molecule has 1 fully saturated rings. The Morgan fingerprint density at radius 2 is 2.22 bits per heavy atom. The lowest BCUT2D eigenvalue weighted by Crippen LogP contribution is -2.39. The van der Waals surface area contributed by atoms with Crippen LogP contribution in [0.2, 0.25) is 0 Å². The number of fused-ring (bicyclic) bond motifs is 1. The zero-order valence-corrected chi connectivity index (χ0v) is 9.59. The molecule has 1 unspecified atom stereocenters. The molecular formula is C12H12N4O2. The number of nitrogen functional groups attached to an aromatic ring is 1. The van der Waals surface area contributed by atoms with Crippen LogP contribution in [0, 0.1) is 0 Å². The molecule has 3 N–H and O–H groups in total. The van der Waals surface area contributed by atoms with Gasteiger partial charge in [0.1, 0.15) is 11.5 Å². The molecule has 6 nitrogen and oxygen atoms in total. The van der Waals surface area contributed by atoms with Crippen molar-refractivity contribution in [2.45, 2.75) is 18.8 Å². The van der Waals surface area contributed by atoms with E-state index < -0.39 is 0 Å². The van der Waals surface area contributed by atoms with E-state index in [4.69, 9.17) is 5.73 Å². The summed E-state index contributed by atoms with van der Waals surface area (Å²) in [5, 5.41) is 2.35. The molecule has 0 aliphatic carbocycles. The number of nitrogens with zero attached hydrogens (tertiary/aromatic N) is 2. The second-order valence-electron chi connectivity index (χ2n) is 4.34. The highest BCUT2D eigenvalue weighted by molar-refractivity contribution is 6.01. The minimum atomic E-state index is -0.340. The third kappa shape index (κ3) is 1.54. The van der Waals surface area contributed by atoms with E-state index >= 15 is 0 Å². The summed E-state index contributed by atoms with van der Waals surface area (Å²) in [7, 11) is 0. The largest absolute Gasteiger partial charge is 0.385 e. The Morgan fingerprint density at radius 3 is 3.00 bits per heavy atom. The average molecular weight is 244 g/mol. The van der Waals surface area contributed by atoms with Crippen LogP contribution < -0.4 is 11.1 Å². The predicted molar refractivity (Wildman–Crippen MR) is 64.7 cm³/mol. The molecule has 1 atom stereocenters. The summed E-state index contributed by atoms with van der Waals surface area (Å²) in [6.45, 7) is 0. The van der Waals surface area contributed by atoms with Gasteiger partial charge in [0.2, 0.25) is 11.8 Å². The Labute approximate surface area is 103 Å². The molecule has 2 aromatic rings. The summed E-state index contributed by atoms with van der Waals surface area (Å²) in [6.07, 6.45) is 4.26. The second-order valence-corrected chi connectivity index (χ2v) is 4.34. The predicted octanol–water partition coefficient (Wildman–Crippen LogP) is 0.437. The SMILES string of the molecule is Nc1ccc(C2CCC(=O)NC2=O)c2nccn12. The quantitative estimate of drug-likeness (QED) is 0.712. The van der Waals surface area contributed by atoms with Gasteiger partial charge in [-0.1, -0.05) is 6.07 Å². The number of rotatable bonds is 1. The van der Waals surface area contributed by atoms with Gasteiger partial charge < -0.3 is 5.73 Å². The lowest BCUT2D eigenvalue weighted by atomic mass is 9.91. The maximum absolute atomic E-state index is 11.9. The number of aromatic nitrogens is 2. The van der Waals surface area contributed by atoms with Gasteiger partial charge in [-0.3, -0.25) is 19.3 Å². The second kappa shape index (κ2) is 3.83. The molecule has 2 aromatic heterocycles. The Morgan fingerprint density at radius 1 is 1.39 bits per heavy atom. The zero-order valence-electron chi connectivity index (χ0n) is 9.59. The Bertz CT molecular complexity index is 647. The van der Waals surface area contributed by atoms with E-state index in [0.29, 0.717) is 24.3 Å². The van der Waals surface area contributed by atoms with Gasteiger partial charge in [-0.25, -0.2) is 4.98 Å². The maximum Gasteiger partial charge on any atom is 0.234 e. The number of piperidine rings is 1. The van der Waals surface area contributed by atoms with Crippen LogP contribution in [0.15, 0.2) is 24.5 Å². The minimum Gasteiger partial charge on any atom is -0.385 e. The van der Waals surface area contributed by atoms with Crippen molar-refractivity contribution in [1.29, 1.82) is 0 Å². The average Bonchev–Trinajstić information content (AvgIpc) is 2.81. The van der Waals surface area contributed by atoms with Gasteiger partial charge >= 0.3 is 0 Å². The molecule has 0 radical (unpaired) electrons. The fraction of sp³-hybridized carbons (Fsp3) is 0.250. The van der Waals surface area contributed by atoms with E-state index in [0.717, 1.165) is 5.56 Å². The summed E-state index contributed by atoms with van der Waals surface area (Å²) in [5.41, 5.74) is 7.30. The topological polar surface area (TPSA) is 89.5 Å². The van der Waals surface area contributed by atoms with Crippen LogP contribution >= 0.6 is 0 Å². The van der Waals surface area contributed by atoms with Crippen molar-refractivity contribution < 1.29 is 9.59 Å². The van der Waals surface area contributed by atoms with Crippen LogP contribution in [0.25, 0.3) is 5.65 Å². The van der Waals surface area contributed by atoms with Gasteiger partial charge in [-0.2, -0.15) is 0 Å². The highest BCUT2D eigenvalue weighted by Crippen LogP contribution is 2.28. The third-order valence-electron chi connectivity index (χ3n) is 3.23. The lowest BCUT2D eigenvalue weighted by molar-refractivity contribution is -0.134. The van der Waals surface area contributed by atoms with Gasteiger partial charge in [0.25, 0.3) is 0 Å². The smallest absolute Gasteiger partial charge is 0.234 e. The van der Waals surface area contributed by atoms with E-state index in [1.807, 2.05) is 0 Å². The van der Waals surface area contributed by atoms with Crippen LogP contribution in [-0.4, -0.2) is 21.2 Å². The van der Waals surface area contributed by atoms with Gasteiger partial charge in [0.15, 0.2) is 0 Å². The number of imidazole rings is 1. The van der Waals surface area contributed by atoms with E-state index in [1.54, 1.807) is 28.9 Å². The summed E-state index contributed by atoms with van der Waals surface area (Å²) in [4.78, 5) is 27.2. The molecule has 0 bridgehead atoms. The summed E-state index contributed by atoms with van der Waals surface area (Å²) in [5.74, 6) is -0.251. The summed E-state index contributed by atoms with van der Waals surface area (Å²) in [6, 6.07) is 3.55. The van der Waals surface area contributed by atoms with Crippen LogP contribution in [-0.2, 0) is 9.59 Å². The van der Waals surface area contributed by atoms with Gasteiger partial charge in [-0.05, 0) is 12.5 Å². The molecule has 3 heterocycles. The molecular weight excluding hydrogens is 232 g/mol. The molecule has 0 aromatic carbocycles. The maximum atomic E-state index is 11.9. The number of carbonyl (C=O) groups excluding carboxylic acids is 2. The van der Waals surface area contributed by atoms with Gasteiger partial charge in [0.05, 0.1) is 5.92 Å². The zero-order chi connectivity index (χ0) is 12.7. The first-order valence-electron chi connectivity index (χ1n) is 5.72. The third-order valence-corrected chi connectivity index (χ3v) is 3.23. The van der Waals surface area contributed by atoms with Crippen molar-refractivity contribution in [3.63, 3.8) is 0 Å². The van der Waals surface area contributed by atoms with Crippen molar-refractivity contribution in [3.8, 4) is 0 Å². The van der Waals surface area contributed by atoms with Gasteiger partial charge in [0, 0.05) is 24.4 Å². The van der Waals surface area contributed by atoms with Crippen LogP contribution in [0.1, 0.15) is 24.3 Å². The fourth-order valence-electron chi connectivity index (χ4n) is 2.32. The Hall–Kier alpha value is -2.37. The molecule has 2 amide bonds. The molecule has 92 valence electrons. The number of pyridine rings is 1. The summed E-state index contributed by atoms with van der Waals surface area (Å²) < 4.78 is 1.74. The standard InChI is InChI=1S/C12H12N4O2/c13-9-3-1-7(11-14-5-6-16(9)11)8-2-4-10(17)15-12(8)18/h1,3,5-6,8H,2,4,13H2,(H,15,17,18). The Balaban J connectivity index is 2.09. The number of anilines is 1. The number of nitrogens with two attached hydrogens (primary N) is 1. The molecule has 6 heteroatoms. The molecule has 1 aliphatic heterocycles. The number of carbonyl (C=O) groups is 2. The highest BCUT2D eigenvalue weighted by atomic mass is 16.2.